The summed E-state index contributed by atoms with van der Waals surface area (Å²) in [5.74, 6) is 0.480. The molecule has 1 aromatic carbocycles. The first-order valence-electron chi connectivity index (χ1n) is 9.58. The van der Waals surface area contributed by atoms with E-state index in [1.54, 1.807) is 30.3 Å². The van der Waals surface area contributed by atoms with Gasteiger partial charge in [0.1, 0.15) is 5.02 Å². The number of nitrogens with zero attached hydrogens (tertiary/aromatic N) is 2. The van der Waals surface area contributed by atoms with Gasteiger partial charge in [0.15, 0.2) is 11.5 Å². The number of pyridine rings is 1. The predicted molar refractivity (Wildman–Crippen MR) is 113 cm³/mol. The van der Waals surface area contributed by atoms with E-state index in [0.29, 0.717) is 17.1 Å². The lowest BCUT2D eigenvalue weighted by Crippen LogP contribution is -2.35. The van der Waals surface area contributed by atoms with Gasteiger partial charge in [0, 0.05) is 25.4 Å². The Morgan fingerprint density at radius 3 is 2.53 bits per heavy atom. The molecule has 2 aromatic rings. The molecule has 0 radical (unpaired) electrons. The number of rotatable bonds is 6. The van der Waals surface area contributed by atoms with E-state index < -0.39 is 5.97 Å². The highest BCUT2D eigenvalue weighted by atomic mass is 35.5. The van der Waals surface area contributed by atoms with E-state index in [1.165, 1.54) is 26.5 Å². The molecule has 0 bridgehead atoms. The number of carbonyl (C=O) groups excluding carboxylic acids is 2. The van der Waals surface area contributed by atoms with Crippen molar-refractivity contribution in [3.63, 3.8) is 0 Å². The van der Waals surface area contributed by atoms with E-state index in [0.717, 1.165) is 37.9 Å². The van der Waals surface area contributed by atoms with Crippen molar-refractivity contribution in [2.75, 3.05) is 27.3 Å². The standard InChI is InChI=1S/C22H23ClN2O5/c1-28-19-12-15(7-9-20(26)29-2)6-8-18(19)30-21-17(23)13-16(14-24-21)22(27)25-10-4-3-5-11-25/h6-9,12-14H,3-5,10-11H2,1-2H3/b9-7+. The first-order chi connectivity index (χ1) is 14.5. The highest BCUT2D eigenvalue weighted by molar-refractivity contribution is 6.32. The maximum Gasteiger partial charge on any atom is 0.330 e. The molecular weight excluding hydrogens is 408 g/mol. The minimum absolute atomic E-state index is 0.0741. The number of carbonyl (C=O) groups is 2. The third-order valence-corrected chi connectivity index (χ3v) is 4.98. The smallest absolute Gasteiger partial charge is 0.330 e. The lowest BCUT2D eigenvalue weighted by Gasteiger charge is -2.26. The van der Waals surface area contributed by atoms with E-state index in [-0.39, 0.29) is 16.8 Å². The van der Waals surface area contributed by atoms with E-state index in [2.05, 4.69) is 9.72 Å². The van der Waals surface area contributed by atoms with Crippen LogP contribution in [-0.2, 0) is 9.53 Å². The second-order valence-corrected chi connectivity index (χ2v) is 7.14. The van der Waals surface area contributed by atoms with Crippen LogP contribution in [0.3, 0.4) is 0 Å². The molecule has 1 fully saturated rings. The third kappa shape index (κ3) is 5.30. The van der Waals surface area contributed by atoms with Crippen LogP contribution in [0.4, 0.5) is 0 Å². The summed E-state index contributed by atoms with van der Waals surface area (Å²) in [5.41, 5.74) is 1.16. The van der Waals surface area contributed by atoms with Crippen molar-refractivity contribution in [2.24, 2.45) is 0 Å². The molecule has 2 heterocycles. The van der Waals surface area contributed by atoms with Gasteiger partial charge in [-0.05, 0) is 49.1 Å². The summed E-state index contributed by atoms with van der Waals surface area (Å²) in [6.07, 6.45) is 7.56. The number of hydrogen-bond donors (Lipinski definition) is 0. The Bertz CT molecular complexity index is 955. The van der Waals surface area contributed by atoms with Gasteiger partial charge in [0.05, 0.1) is 19.8 Å². The van der Waals surface area contributed by atoms with Crippen LogP contribution in [0.15, 0.2) is 36.5 Å². The van der Waals surface area contributed by atoms with Gasteiger partial charge in [-0.3, -0.25) is 4.79 Å². The number of benzene rings is 1. The maximum absolute atomic E-state index is 12.6. The highest BCUT2D eigenvalue weighted by Gasteiger charge is 2.20. The van der Waals surface area contributed by atoms with Crippen LogP contribution in [0.5, 0.6) is 17.4 Å². The molecule has 0 aliphatic carbocycles. The minimum Gasteiger partial charge on any atom is -0.493 e. The van der Waals surface area contributed by atoms with E-state index in [1.807, 2.05) is 4.90 Å². The Morgan fingerprint density at radius 1 is 1.10 bits per heavy atom. The number of halogens is 1. The largest absolute Gasteiger partial charge is 0.493 e. The fourth-order valence-corrected chi connectivity index (χ4v) is 3.31. The molecule has 0 saturated carbocycles. The lowest BCUT2D eigenvalue weighted by atomic mass is 10.1. The van der Waals surface area contributed by atoms with Crippen molar-refractivity contribution in [2.45, 2.75) is 19.3 Å². The summed E-state index contributed by atoms with van der Waals surface area (Å²) >= 11 is 6.33. The molecule has 1 amide bonds. The zero-order valence-electron chi connectivity index (χ0n) is 16.9. The Morgan fingerprint density at radius 2 is 1.87 bits per heavy atom. The third-order valence-electron chi connectivity index (χ3n) is 4.71. The monoisotopic (exact) mass is 430 g/mol. The van der Waals surface area contributed by atoms with Crippen molar-refractivity contribution in [1.82, 2.24) is 9.88 Å². The summed E-state index contributed by atoms with van der Waals surface area (Å²) in [6.45, 7) is 1.51. The van der Waals surface area contributed by atoms with E-state index in [4.69, 9.17) is 21.1 Å². The normalized spacial score (nSPS) is 13.9. The Kier molecular flexibility index (Phi) is 7.30. The second-order valence-electron chi connectivity index (χ2n) is 6.73. The molecule has 8 heteroatoms. The van der Waals surface area contributed by atoms with Crippen molar-refractivity contribution >= 4 is 29.6 Å². The zero-order chi connectivity index (χ0) is 21.5. The number of amides is 1. The van der Waals surface area contributed by atoms with Crippen molar-refractivity contribution in [3.8, 4) is 17.4 Å². The number of ether oxygens (including phenoxy) is 3. The molecule has 158 valence electrons. The number of piperidine rings is 1. The Hall–Kier alpha value is -3.06. The first kappa shape index (κ1) is 21.6. The van der Waals surface area contributed by atoms with Crippen LogP contribution in [0.25, 0.3) is 6.08 Å². The number of methoxy groups -OCH3 is 2. The van der Waals surface area contributed by atoms with Gasteiger partial charge in [0.2, 0.25) is 5.88 Å². The van der Waals surface area contributed by atoms with Gasteiger partial charge in [-0.2, -0.15) is 0 Å². The summed E-state index contributed by atoms with van der Waals surface area (Å²) in [5, 5.41) is 0.231. The van der Waals surface area contributed by atoms with Crippen LogP contribution in [0, 0.1) is 0 Å². The average Bonchev–Trinajstić information content (AvgIpc) is 2.79. The van der Waals surface area contributed by atoms with Crippen LogP contribution < -0.4 is 9.47 Å². The average molecular weight is 431 g/mol. The van der Waals surface area contributed by atoms with Crippen molar-refractivity contribution < 1.29 is 23.8 Å². The number of esters is 1. The van der Waals surface area contributed by atoms with Crippen molar-refractivity contribution in [3.05, 3.63) is 52.7 Å². The zero-order valence-corrected chi connectivity index (χ0v) is 17.6. The van der Waals surface area contributed by atoms with Crippen LogP contribution in [0.1, 0.15) is 35.2 Å². The summed E-state index contributed by atoms with van der Waals surface area (Å²) in [6, 6.07) is 6.71. The Labute approximate surface area is 180 Å². The quantitative estimate of drug-likeness (QED) is 0.501. The van der Waals surface area contributed by atoms with Gasteiger partial charge in [-0.1, -0.05) is 17.7 Å². The highest BCUT2D eigenvalue weighted by Crippen LogP contribution is 2.35. The molecule has 7 nitrogen and oxygen atoms in total. The van der Waals surface area contributed by atoms with Gasteiger partial charge in [0.25, 0.3) is 5.91 Å². The Balaban J connectivity index is 1.76. The summed E-state index contributed by atoms with van der Waals surface area (Å²) < 4.78 is 15.7. The SMILES string of the molecule is COC(=O)/C=C/c1ccc(Oc2ncc(C(=O)N3CCCCC3)cc2Cl)c(OC)c1. The number of hydrogen-bond acceptors (Lipinski definition) is 6. The molecular formula is C22H23ClN2O5. The molecule has 1 saturated heterocycles. The second kappa shape index (κ2) is 10.1. The van der Waals surface area contributed by atoms with Crippen LogP contribution in [0.2, 0.25) is 5.02 Å². The maximum atomic E-state index is 12.6. The van der Waals surface area contributed by atoms with E-state index in [9.17, 15) is 9.59 Å². The fraction of sp³-hybridized carbons (Fsp3) is 0.318. The molecule has 0 N–H and O–H groups in total. The first-order valence-corrected chi connectivity index (χ1v) is 9.96. The molecule has 0 spiro atoms. The fourth-order valence-electron chi connectivity index (χ4n) is 3.11. The van der Waals surface area contributed by atoms with Gasteiger partial charge in [-0.25, -0.2) is 9.78 Å². The van der Waals surface area contributed by atoms with E-state index >= 15 is 0 Å². The van der Waals surface area contributed by atoms with Crippen LogP contribution >= 0.6 is 11.6 Å². The summed E-state index contributed by atoms with van der Waals surface area (Å²) in [7, 11) is 2.82. The topological polar surface area (TPSA) is 78.0 Å². The molecule has 1 aromatic heterocycles. The van der Waals surface area contributed by atoms with Gasteiger partial charge >= 0.3 is 5.97 Å². The molecule has 30 heavy (non-hydrogen) atoms. The summed E-state index contributed by atoms with van der Waals surface area (Å²) in [4.78, 5) is 29.9. The molecule has 3 rings (SSSR count). The van der Waals surface area contributed by atoms with Gasteiger partial charge in [-0.15, -0.1) is 0 Å². The van der Waals surface area contributed by atoms with Crippen LogP contribution in [-0.4, -0.2) is 49.1 Å². The molecule has 1 aliphatic rings. The molecule has 1 aliphatic heterocycles. The lowest BCUT2D eigenvalue weighted by molar-refractivity contribution is -0.134. The van der Waals surface area contributed by atoms with Crippen molar-refractivity contribution in [1.29, 1.82) is 0 Å². The van der Waals surface area contributed by atoms with Gasteiger partial charge < -0.3 is 19.1 Å². The predicted octanol–water partition coefficient (Wildman–Crippen LogP) is 4.35. The minimum atomic E-state index is -0.454. The molecule has 0 unspecified atom stereocenters. The number of aromatic nitrogens is 1. The number of likely N-dealkylation sites (tertiary alicyclic amines) is 1. The molecule has 0 atom stereocenters.